The molecule has 1 fully saturated rings. The highest BCUT2D eigenvalue weighted by molar-refractivity contribution is 5.95. The van der Waals surface area contributed by atoms with E-state index >= 15 is 0 Å². The summed E-state index contributed by atoms with van der Waals surface area (Å²) >= 11 is 0. The average Bonchev–Trinajstić information content (AvgIpc) is 2.90. The van der Waals surface area contributed by atoms with Crippen LogP contribution in [0.5, 0.6) is 0 Å². The molecule has 0 aromatic heterocycles. The van der Waals surface area contributed by atoms with Gasteiger partial charge in [-0.25, -0.2) is 0 Å². The average molecular weight is 293 g/mol. The number of benzene rings is 1. The largest absolute Gasteiger partial charge is 0.379 e. The SMILES string of the molecule is CNC1COCC1C(=O)Nc1cc(C)c(C)cc1[N+](=O)[O-]. The van der Waals surface area contributed by atoms with Gasteiger partial charge in [-0.05, 0) is 38.1 Å². The van der Waals surface area contributed by atoms with Crippen LogP contribution in [0, 0.1) is 29.9 Å². The van der Waals surface area contributed by atoms with Crippen LogP contribution in [0.1, 0.15) is 11.1 Å². The van der Waals surface area contributed by atoms with Crippen molar-refractivity contribution in [3.05, 3.63) is 33.4 Å². The fourth-order valence-corrected chi connectivity index (χ4v) is 2.37. The van der Waals surface area contributed by atoms with Gasteiger partial charge in [0.25, 0.3) is 5.69 Å². The van der Waals surface area contributed by atoms with E-state index in [1.165, 1.54) is 6.07 Å². The topological polar surface area (TPSA) is 93.5 Å². The van der Waals surface area contributed by atoms with Crippen molar-refractivity contribution >= 4 is 17.3 Å². The zero-order chi connectivity index (χ0) is 15.6. The molecule has 1 amide bonds. The monoisotopic (exact) mass is 293 g/mol. The normalized spacial score (nSPS) is 21.3. The first-order chi connectivity index (χ1) is 9.93. The van der Waals surface area contributed by atoms with Crippen molar-refractivity contribution in [3.8, 4) is 0 Å². The van der Waals surface area contributed by atoms with Gasteiger partial charge in [0.15, 0.2) is 0 Å². The van der Waals surface area contributed by atoms with E-state index in [1.807, 2.05) is 6.92 Å². The van der Waals surface area contributed by atoms with Crippen LogP contribution in [0.4, 0.5) is 11.4 Å². The Hall–Kier alpha value is -1.99. The van der Waals surface area contributed by atoms with Crippen molar-refractivity contribution in [3.63, 3.8) is 0 Å². The second-order valence-electron chi connectivity index (χ2n) is 5.24. The number of likely N-dealkylation sites (N-methyl/N-ethyl adjacent to an activating group) is 1. The van der Waals surface area contributed by atoms with Crippen molar-refractivity contribution in [2.45, 2.75) is 19.9 Å². The Morgan fingerprint density at radius 3 is 2.62 bits per heavy atom. The predicted molar refractivity (Wildman–Crippen MR) is 78.4 cm³/mol. The first kappa shape index (κ1) is 15.4. The number of nitrogens with zero attached hydrogens (tertiary/aromatic N) is 1. The second kappa shape index (κ2) is 6.19. The molecule has 0 spiro atoms. The standard InChI is InChI=1S/C14H19N3O4/c1-8-4-11(13(17(19)20)5-9(8)2)16-14(18)10-6-21-7-12(10)15-3/h4-5,10,12,15H,6-7H2,1-3H3,(H,16,18). The summed E-state index contributed by atoms with van der Waals surface area (Å²) in [5.41, 5.74) is 1.85. The number of rotatable bonds is 4. The summed E-state index contributed by atoms with van der Waals surface area (Å²) in [6.07, 6.45) is 0. The summed E-state index contributed by atoms with van der Waals surface area (Å²) < 4.78 is 5.28. The van der Waals surface area contributed by atoms with E-state index in [1.54, 1.807) is 20.0 Å². The van der Waals surface area contributed by atoms with E-state index in [4.69, 9.17) is 4.74 Å². The molecule has 1 aromatic rings. The number of nitro benzene ring substituents is 1. The van der Waals surface area contributed by atoms with Gasteiger partial charge in [-0.1, -0.05) is 0 Å². The van der Waals surface area contributed by atoms with E-state index < -0.39 is 4.92 Å². The molecular weight excluding hydrogens is 274 g/mol. The summed E-state index contributed by atoms with van der Waals surface area (Å²) in [7, 11) is 1.76. The molecule has 1 aliphatic heterocycles. The lowest BCUT2D eigenvalue weighted by molar-refractivity contribution is -0.384. The van der Waals surface area contributed by atoms with Crippen LogP contribution >= 0.6 is 0 Å². The quantitative estimate of drug-likeness (QED) is 0.646. The summed E-state index contributed by atoms with van der Waals surface area (Å²) in [5.74, 6) is -0.616. The Kier molecular flexibility index (Phi) is 4.54. The minimum Gasteiger partial charge on any atom is -0.379 e. The number of amides is 1. The second-order valence-corrected chi connectivity index (χ2v) is 5.24. The third-order valence-electron chi connectivity index (χ3n) is 3.85. The van der Waals surface area contributed by atoms with Gasteiger partial charge >= 0.3 is 0 Å². The molecule has 2 rings (SSSR count). The number of anilines is 1. The molecule has 7 nitrogen and oxygen atoms in total. The maximum Gasteiger partial charge on any atom is 0.293 e. The van der Waals surface area contributed by atoms with Crippen molar-refractivity contribution in [2.75, 3.05) is 25.6 Å². The van der Waals surface area contributed by atoms with Gasteiger partial charge in [-0.2, -0.15) is 0 Å². The van der Waals surface area contributed by atoms with Crippen LogP contribution in [0.15, 0.2) is 12.1 Å². The summed E-state index contributed by atoms with van der Waals surface area (Å²) in [6, 6.07) is 3.04. The number of nitro groups is 1. The zero-order valence-corrected chi connectivity index (χ0v) is 12.3. The fraction of sp³-hybridized carbons (Fsp3) is 0.500. The molecule has 2 atom stereocenters. The lowest BCUT2D eigenvalue weighted by Gasteiger charge is -2.17. The van der Waals surface area contributed by atoms with Crippen molar-refractivity contribution in [1.82, 2.24) is 5.32 Å². The van der Waals surface area contributed by atoms with Gasteiger partial charge in [0.1, 0.15) is 5.69 Å². The van der Waals surface area contributed by atoms with Crippen LogP contribution in [0.3, 0.4) is 0 Å². The van der Waals surface area contributed by atoms with E-state index in [9.17, 15) is 14.9 Å². The highest BCUT2D eigenvalue weighted by Crippen LogP contribution is 2.29. The number of hydrogen-bond donors (Lipinski definition) is 2. The highest BCUT2D eigenvalue weighted by atomic mass is 16.6. The fourth-order valence-electron chi connectivity index (χ4n) is 2.37. The third kappa shape index (κ3) is 3.20. The molecule has 0 bridgehead atoms. The number of nitrogens with one attached hydrogen (secondary N) is 2. The van der Waals surface area contributed by atoms with E-state index in [2.05, 4.69) is 10.6 Å². The Bertz CT molecular complexity index is 574. The Morgan fingerprint density at radius 1 is 1.33 bits per heavy atom. The number of aryl methyl sites for hydroxylation is 2. The first-order valence-electron chi connectivity index (χ1n) is 6.75. The van der Waals surface area contributed by atoms with Gasteiger partial charge in [-0.15, -0.1) is 0 Å². The summed E-state index contributed by atoms with van der Waals surface area (Å²) in [4.78, 5) is 22.9. The minimum atomic E-state index is -0.483. The molecule has 1 heterocycles. The molecule has 0 saturated carbocycles. The molecule has 2 unspecified atom stereocenters. The van der Waals surface area contributed by atoms with Crippen molar-refractivity contribution < 1.29 is 14.5 Å². The lowest BCUT2D eigenvalue weighted by atomic mass is 10.0. The zero-order valence-electron chi connectivity index (χ0n) is 12.3. The Labute approximate surface area is 122 Å². The van der Waals surface area contributed by atoms with Crippen LogP contribution in [0.2, 0.25) is 0 Å². The van der Waals surface area contributed by atoms with Crippen LogP contribution in [0.25, 0.3) is 0 Å². The summed E-state index contributed by atoms with van der Waals surface area (Å²) in [5, 5.41) is 16.8. The third-order valence-corrected chi connectivity index (χ3v) is 3.85. The number of carbonyl (C=O) groups excluding carboxylic acids is 1. The minimum absolute atomic E-state index is 0.0735. The van der Waals surface area contributed by atoms with Gasteiger partial charge in [0.2, 0.25) is 5.91 Å². The van der Waals surface area contributed by atoms with E-state index in [0.29, 0.717) is 13.2 Å². The van der Waals surface area contributed by atoms with Crippen LogP contribution in [-0.4, -0.2) is 37.1 Å². The van der Waals surface area contributed by atoms with Crippen LogP contribution < -0.4 is 10.6 Å². The van der Waals surface area contributed by atoms with Gasteiger partial charge in [0, 0.05) is 12.1 Å². The molecular formula is C14H19N3O4. The maximum atomic E-state index is 12.3. The lowest BCUT2D eigenvalue weighted by Crippen LogP contribution is -2.39. The molecule has 0 radical (unpaired) electrons. The van der Waals surface area contributed by atoms with Gasteiger partial charge in [0.05, 0.1) is 24.1 Å². The Morgan fingerprint density at radius 2 is 2.00 bits per heavy atom. The molecule has 1 aliphatic rings. The Balaban J connectivity index is 2.24. The van der Waals surface area contributed by atoms with E-state index in [0.717, 1.165) is 11.1 Å². The molecule has 0 aliphatic carbocycles. The van der Waals surface area contributed by atoms with Crippen LogP contribution in [-0.2, 0) is 9.53 Å². The maximum absolute atomic E-state index is 12.3. The molecule has 1 saturated heterocycles. The molecule has 7 heteroatoms. The summed E-state index contributed by atoms with van der Waals surface area (Å²) in [6.45, 7) is 4.43. The van der Waals surface area contributed by atoms with Gasteiger partial charge in [-0.3, -0.25) is 14.9 Å². The van der Waals surface area contributed by atoms with Crippen molar-refractivity contribution in [2.24, 2.45) is 5.92 Å². The number of hydrogen-bond acceptors (Lipinski definition) is 5. The smallest absolute Gasteiger partial charge is 0.293 e. The molecule has 2 N–H and O–H groups in total. The highest BCUT2D eigenvalue weighted by Gasteiger charge is 2.33. The molecule has 1 aromatic carbocycles. The van der Waals surface area contributed by atoms with Gasteiger partial charge < -0.3 is 15.4 Å². The van der Waals surface area contributed by atoms with E-state index in [-0.39, 0.29) is 29.2 Å². The first-order valence-corrected chi connectivity index (χ1v) is 6.75. The predicted octanol–water partition coefficient (Wildman–Crippen LogP) is 1.38. The number of ether oxygens (including phenoxy) is 1. The van der Waals surface area contributed by atoms with Crippen molar-refractivity contribution in [1.29, 1.82) is 0 Å². The number of carbonyl (C=O) groups is 1. The molecule has 21 heavy (non-hydrogen) atoms. The molecule has 114 valence electrons.